The van der Waals surface area contributed by atoms with Crippen LogP contribution in [0, 0.1) is 27.7 Å². The molecule has 0 radical (unpaired) electrons. The minimum absolute atomic E-state index is 1.15. The molecule has 0 unspecified atom stereocenters. The maximum atomic E-state index is 7.41. The van der Waals surface area contributed by atoms with Crippen molar-refractivity contribution in [1.82, 2.24) is 8.68 Å². The van der Waals surface area contributed by atoms with E-state index in [0.717, 1.165) is 11.0 Å². The molecule has 4 heteroatoms. The van der Waals surface area contributed by atoms with Crippen LogP contribution in [0.5, 0.6) is 0 Å². The summed E-state index contributed by atoms with van der Waals surface area (Å²) in [5.74, 6) is 0. The third kappa shape index (κ3) is 3.95. The normalized spacial score (nSPS) is 11.7. The number of aryl methyl sites for hydroxylation is 4. The Morgan fingerprint density at radius 1 is 0.528 bits per heavy atom. The van der Waals surface area contributed by atoms with E-state index in [0.29, 0.717) is 0 Å². The Balaban J connectivity index is 1.55. The van der Waals surface area contributed by atoms with Crippen LogP contribution in [0.3, 0.4) is 0 Å². The standard InChI is InChI=1S/C32H28ClN2P/c1-21-13-22(2)16-25(15-21)29-19-34(31-11-7-5-9-27(29)31)36(33)35-20-30(28-10-6-8-12-32(28)35)26-17-23(3)14-24(4)18-26/h5-20H,1-4H3. The lowest BCUT2D eigenvalue weighted by Gasteiger charge is -2.15. The third-order valence-electron chi connectivity index (χ3n) is 6.81. The number of hydrogen-bond donors (Lipinski definition) is 0. The van der Waals surface area contributed by atoms with Gasteiger partial charge < -0.3 is 0 Å². The molecule has 178 valence electrons. The zero-order valence-electron chi connectivity index (χ0n) is 21.0. The van der Waals surface area contributed by atoms with Gasteiger partial charge in [-0.25, -0.2) is 0 Å². The molecule has 0 amide bonds. The number of benzene rings is 4. The van der Waals surface area contributed by atoms with Gasteiger partial charge >= 0.3 is 0 Å². The highest BCUT2D eigenvalue weighted by atomic mass is 35.7. The number of halogens is 1. The van der Waals surface area contributed by atoms with Gasteiger partial charge in [0.05, 0.1) is 11.0 Å². The highest BCUT2D eigenvalue weighted by molar-refractivity contribution is 7.81. The molecule has 0 atom stereocenters. The monoisotopic (exact) mass is 506 g/mol. The number of para-hydroxylation sites is 2. The van der Waals surface area contributed by atoms with Gasteiger partial charge in [-0.2, -0.15) is 0 Å². The average molecular weight is 507 g/mol. The summed E-state index contributed by atoms with van der Waals surface area (Å²) < 4.78 is 4.52. The number of hydrogen-bond acceptors (Lipinski definition) is 0. The molecule has 0 aliphatic carbocycles. The van der Waals surface area contributed by atoms with Crippen LogP contribution in [0.2, 0.25) is 0 Å². The molecule has 0 aliphatic rings. The summed E-state index contributed by atoms with van der Waals surface area (Å²) in [4.78, 5) is 0. The fourth-order valence-corrected chi connectivity index (χ4v) is 7.51. The number of aromatic nitrogens is 2. The van der Waals surface area contributed by atoms with Gasteiger partial charge in [0.2, 0.25) is 7.58 Å². The second-order valence-corrected chi connectivity index (χ2v) is 12.1. The fraction of sp³-hybridized carbons (Fsp3) is 0.125. The molecule has 2 heterocycles. The summed E-state index contributed by atoms with van der Waals surface area (Å²) in [6.07, 6.45) is 4.48. The first-order chi connectivity index (χ1) is 17.4. The molecule has 0 saturated heterocycles. The summed E-state index contributed by atoms with van der Waals surface area (Å²) >= 11 is 7.41. The van der Waals surface area contributed by atoms with E-state index in [9.17, 15) is 0 Å². The van der Waals surface area contributed by atoms with Gasteiger partial charge in [-0.15, -0.1) is 0 Å². The minimum atomic E-state index is -1.23. The van der Waals surface area contributed by atoms with Crippen LogP contribution in [0.15, 0.2) is 97.3 Å². The Morgan fingerprint density at radius 2 is 0.889 bits per heavy atom. The summed E-state index contributed by atoms with van der Waals surface area (Å²) in [6, 6.07) is 30.7. The molecule has 0 spiro atoms. The molecule has 6 rings (SSSR count). The van der Waals surface area contributed by atoms with Gasteiger partial charge in [-0.3, -0.25) is 8.68 Å². The van der Waals surface area contributed by atoms with E-state index in [4.69, 9.17) is 11.2 Å². The largest absolute Gasteiger partial charge is 0.295 e. The Morgan fingerprint density at radius 3 is 1.28 bits per heavy atom. The van der Waals surface area contributed by atoms with Gasteiger partial charge in [0.25, 0.3) is 0 Å². The molecular formula is C32H28ClN2P. The van der Waals surface area contributed by atoms with Crippen molar-refractivity contribution in [2.75, 3.05) is 0 Å². The number of fused-ring (bicyclic) bond motifs is 2. The topological polar surface area (TPSA) is 9.86 Å². The van der Waals surface area contributed by atoms with Crippen LogP contribution in [0.25, 0.3) is 44.1 Å². The molecule has 6 aromatic rings. The Bertz CT molecular complexity index is 1590. The van der Waals surface area contributed by atoms with E-state index in [1.165, 1.54) is 55.3 Å². The van der Waals surface area contributed by atoms with E-state index in [1.807, 2.05) is 0 Å². The quantitative estimate of drug-likeness (QED) is 0.210. The van der Waals surface area contributed by atoms with Crippen LogP contribution in [0.1, 0.15) is 22.3 Å². The van der Waals surface area contributed by atoms with Crippen LogP contribution in [-0.2, 0) is 0 Å². The molecular weight excluding hydrogens is 479 g/mol. The number of nitrogens with zero attached hydrogens (tertiary/aromatic N) is 2. The molecule has 0 N–H and O–H groups in total. The third-order valence-corrected chi connectivity index (χ3v) is 9.16. The first kappa shape index (κ1) is 23.1. The number of rotatable bonds is 4. The van der Waals surface area contributed by atoms with Crippen molar-refractivity contribution in [3.63, 3.8) is 0 Å². The van der Waals surface area contributed by atoms with E-state index >= 15 is 0 Å². The van der Waals surface area contributed by atoms with Crippen LogP contribution in [0.4, 0.5) is 0 Å². The Labute approximate surface area is 218 Å². The smallest absolute Gasteiger partial charge is 0.206 e. The first-order valence-corrected chi connectivity index (χ1v) is 14.4. The first-order valence-electron chi connectivity index (χ1n) is 12.2. The molecule has 0 bridgehead atoms. The predicted molar refractivity (Wildman–Crippen MR) is 157 cm³/mol. The molecule has 36 heavy (non-hydrogen) atoms. The van der Waals surface area contributed by atoms with Crippen molar-refractivity contribution in [3.8, 4) is 22.3 Å². The minimum Gasteiger partial charge on any atom is -0.295 e. The highest BCUT2D eigenvalue weighted by Crippen LogP contribution is 2.52. The molecule has 0 saturated carbocycles. The SMILES string of the molecule is Cc1cc(C)cc(-c2cn(P(Cl)n3cc(-c4cc(C)cc(C)c4)c4ccccc43)c3ccccc23)c1. The summed E-state index contributed by atoms with van der Waals surface area (Å²) in [5, 5.41) is 2.45. The van der Waals surface area contributed by atoms with E-state index in [1.54, 1.807) is 0 Å². The molecule has 0 aliphatic heterocycles. The van der Waals surface area contributed by atoms with E-state index in [2.05, 4.69) is 134 Å². The lowest BCUT2D eigenvalue weighted by atomic mass is 10.0. The summed E-state index contributed by atoms with van der Waals surface area (Å²) in [6.45, 7) is 8.63. The van der Waals surface area contributed by atoms with Crippen molar-refractivity contribution in [2.45, 2.75) is 27.7 Å². The van der Waals surface area contributed by atoms with Gasteiger partial charge in [0.1, 0.15) is 0 Å². The van der Waals surface area contributed by atoms with Crippen molar-refractivity contribution < 1.29 is 0 Å². The zero-order valence-corrected chi connectivity index (χ0v) is 22.6. The predicted octanol–water partition coefficient (Wildman–Crippen LogP) is 10.0. The second kappa shape index (κ2) is 8.96. The summed E-state index contributed by atoms with van der Waals surface area (Å²) in [7, 11) is -1.23. The fourth-order valence-electron chi connectivity index (χ4n) is 5.42. The second-order valence-electron chi connectivity index (χ2n) is 9.80. The highest BCUT2D eigenvalue weighted by Gasteiger charge is 2.21. The molecule has 0 fully saturated rings. The Hall–Kier alpha value is -3.32. The molecule has 4 aromatic carbocycles. The lowest BCUT2D eigenvalue weighted by Crippen LogP contribution is -1.94. The zero-order chi connectivity index (χ0) is 25.0. The van der Waals surface area contributed by atoms with E-state index < -0.39 is 7.58 Å². The molecule has 2 nitrogen and oxygen atoms in total. The van der Waals surface area contributed by atoms with Crippen molar-refractivity contribution in [2.24, 2.45) is 0 Å². The van der Waals surface area contributed by atoms with Crippen molar-refractivity contribution >= 4 is 40.6 Å². The maximum Gasteiger partial charge on any atom is 0.206 e. The summed E-state index contributed by atoms with van der Waals surface area (Å²) in [5.41, 5.74) is 12.3. The Kier molecular flexibility index (Phi) is 5.75. The van der Waals surface area contributed by atoms with Gasteiger partial charge in [0.15, 0.2) is 0 Å². The van der Waals surface area contributed by atoms with E-state index in [-0.39, 0.29) is 0 Å². The van der Waals surface area contributed by atoms with Gasteiger partial charge in [-0.05, 0) is 62.2 Å². The maximum absolute atomic E-state index is 7.41. The van der Waals surface area contributed by atoms with Crippen LogP contribution >= 0.6 is 18.8 Å². The van der Waals surface area contributed by atoms with Crippen LogP contribution in [-0.4, -0.2) is 8.68 Å². The van der Waals surface area contributed by atoms with Crippen molar-refractivity contribution in [3.05, 3.63) is 120 Å². The van der Waals surface area contributed by atoms with Gasteiger partial charge in [0, 0.05) is 34.3 Å². The van der Waals surface area contributed by atoms with Crippen molar-refractivity contribution in [1.29, 1.82) is 0 Å². The van der Waals surface area contributed by atoms with Gasteiger partial charge in [-0.1, -0.05) is 95.1 Å². The van der Waals surface area contributed by atoms with Crippen LogP contribution < -0.4 is 0 Å². The molecule has 2 aromatic heterocycles. The average Bonchev–Trinajstić information content (AvgIpc) is 3.42. The lowest BCUT2D eigenvalue weighted by molar-refractivity contribution is 1.22.